The molecule has 0 radical (unpaired) electrons. The summed E-state index contributed by atoms with van der Waals surface area (Å²) in [6.45, 7) is 2.02. The second kappa shape index (κ2) is 14.1. The molecular formula is C42H33N3O3S. The topological polar surface area (TPSA) is 80.2 Å². The van der Waals surface area contributed by atoms with Crippen LogP contribution in [0.2, 0.25) is 0 Å². The number of fused-ring (bicyclic) bond motifs is 4. The van der Waals surface area contributed by atoms with E-state index in [-0.39, 0.29) is 22.8 Å². The number of hydrogen-bond donors (Lipinski definition) is 2. The summed E-state index contributed by atoms with van der Waals surface area (Å²) in [6.07, 6.45) is 2.35. The number of para-hydroxylation sites is 2. The SMILES string of the molecule is CCC(Sc1ccc(NC(=O)/C(=C/c2cccc3ccccc23)NC(=O)c2ccccc2)cc1)C(=O)n1c2ccccc2c2ccccc21. The first-order valence-electron chi connectivity index (χ1n) is 16.2. The quantitative estimate of drug-likeness (QED) is 0.120. The molecule has 0 aliphatic heterocycles. The lowest BCUT2D eigenvalue weighted by atomic mass is 10.0. The van der Waals surface area contributed by atoms with Gasteiger partial charge in [0.15, 0.2) is 0 Å². The Kier molecular flexibility index (Phi) is 9.08. The zero-order valence-corrected chi connectivity index (χ0v) is 27.6. The summed E-state index contributed by atoms with van der Waals surface area (Å²) in [5.41, 5.74) is 3.73. The average Bonchev–Trinajstić information content (AvgIpc) is 3.49. The number of nitrogens with one attached hydrogen (secondary N) is 2. The van der Waals surface area contributed by atoms with Crippen molar-refractivity contribution < 1.29 is 14.4 Å². The zero-order valence-electron chi connectivity index (χ0n) is 26.8. The van der Waals surface area contributed by atoms with Crippen molar-refractivity contribution in [3.05, 3.63) is 162 Å². The molecule has 7 heteroatoms. The first-order valence-corrected chi connectivity index (χ1v) is 17.0. The Labute approximate surface area is 288 Å². The van der Waals surface area contributed by atoms with E-state index in [9.17, 15) is 14.4 Å². The number of benzene rings is 6. The maximum Gasteiger partial charge on any atom is 0.272 e. The maximum absolute atomic E-state index is 14.0. The highest BCUT2D eigenvalue weighted by Gasteiger charge is 2.24. The predicted molar refractivity (Wildman–Crippen MR) is 201 cm³/mol. The molecule has 1 atom stereocenters. The molecule has 0 bridgehead atoms. The fourth-order valence-electron chi connectivity index (χ4n) is 6.07. The molecule has 1 unspecified atom stereocenters. The van der Waals surface area contributed by atoms with Gasteiger partial charge in [0.25, 0.3) is 11.8 Å². The van der Waals surface area contributed by atoms with Crippen LogP contribution in [0.1, 0.15) is 34.1 Å². The minimum Gasteiger partial charge on any atom is -0.321 e. The Morgan fingerprint density at radius 2 is 1.27 bits per heavy atom. The Balaban J connectivity index is 1.12. The van der Waals surface area contributed by atoms with E-state index in [0.29, 0.717) is 17.7 Å². The molecule has 6 nitrogen and oxygen atoms in total. The van der Waals surface area contributed by atoms with E-state index < -0.39 is 5.91 Å². The molecule has 0 aliphatic carbocycles. The highest BCUT2D eigenvalue weighted by atomic mass is 32.2. The standard InChI is InChI=1S/C42H33N3O3S/c1-2-39(42(48)45-37-21-10-8-19-34(37)35-20-9-11-22-38(35)45)49-32-25-23-31(24-26-32)43-41(47)36(44-40(46)29-14-4-3-5-15-29)27-30-17-12-16-28-13-6-7-18-33(28)30/h3-27,39H,2H2,1H3,(H,43,47)(H,44,46)/b36-27-. The monoisotopic (exact) mass is 659 g/mol. The molecule has 6 aromatic carbocycles. The molecule has 0 aliphatic rings. The van der Waals surface area contributed by atoms with Crippen molar-refractivity contribution in [2.75, 3.05) is 5.32 Å². The molecule has 0 saturated heterocycles. The summed E-state index contributed by atoms with van der Waals surface area (Å²) in [7, 11) is 0. The molecule has 0 fully saturated rings. The largest absolute Gasteiger partial charge is 0.321 e. The molecule has 0 saturated carbocycles. The van der Waals surface area contributed by atoms with E-state index >= 15 is 0 Å². The molecule has 1 heterocycles. The number of carbonyl (C=O) groups excluding carboxylic acids is 3. The molecule has 0 spiro atoms. The van der Waals surface area contributed by atoms with Gasteiger partial charge in [0.05, 0.1) is 16.3 Å². The lowest BCUT2D eigenvalue weighted by molar-refractivity contribution is -0.113. The summed E-state index contributed by atoms with van der Waals surface area (Å²) < 4.78 is 1.84. The van der Waals surface area contributed by atoms with Crippen molar-refractivity contribution >= 4 is 73.8 Å². The van der Waals surface area contributed by atoms with Gasteiger partial charge in [-0.3, -0.25) is 19.0 Å². The summed E-state index contributed by atoms with van der Waals surface area (Å²) >= 11 is 1.50. The first kappa shape index (κ1) is 31.7. The maximum atomic E-state index is 14.0. The first-order chi connectivity index (χ1) is 24.0. The fraction of sp³-hybridized carbons (Fsp3) is 0.0714. The van der Waals surface area contributed by atoms with Crippen molar-refractivity contribution in [2.45, 2.75) is 23.5 Å². The Morgan fingerprint density at radius 3 is 1.94 bits per heavy atom. The van der Waals surface area contributed by atoms with E-state index in [2.05, 4.69) is 22.8 Å². The lowest BCUT2D eigenvalue weighted by Gasteiger charge is -2.16. The number of hydrogen-bond acceptors (Lipinski definition) is 4. The summed E-state index contributed by atoms with van der Waals surface area (Å²) in [5.74, 6) is -0.808. The minimum atomic E-state index is -0.453. The number of carbonyl (C=O) groups is 3. The number of anilines is 1. The van der Waals surface area contributed by atoms with E-state index in [1.807, 2.05) is 121 Å². The van der Waals surface area contributed by atoms with Gasteiger partial charge in [0.1, 0.15) is 5.70 Å². The van der Waals surface area contributed by atoms with E-state index in [4.69, 9.17) is 0 Å². The Morgan fingerprint density at radius 1 is 0.673 bits per heavy atom. The third-order valence-corrected chi connectivity index (χ3v) is 9.85. The number of amides is 2. The van der Waals surface area contributed by atoms with Crippen molar-refractivity contribution in [1.29, 1.82) is 0 Å². The van der Waals surface area contributed by atoms with Crippen molar-refractivity contribution in [3.63, 3.8) is 0 Å². The van der Waals surface area contributed by atoms with E-state index in [1.54, 1.807) is 30.3 Å². The summed E-state index contributed by atoms with van der Waals surface area (Å²) in [5, 5.41) is 9.56. The fourth-order valence-corrected chi connectivity index (χ4v) is 7.06. The third kappa shape index (κ3) is 6.62. The molecule has 2 amide bonds. The van der Waals surface area contributed by atoms with Gasteiger partial charge in [0, 0.05) is 26.9 Å². The minimum absolute atomic E-state index is 0.0275. The molecule has 49 heavy (non-hydrogen) atoms. The molecule has 240 valence electrons. The van der Waals surface area contributed by atoms with Gasteiger partial charge in [-0.15, -0.1) is 11.8 Å². The highest BCUT2D eigenvalue weighted by molar-refractivity contribution is 8.00. The number of aromatic nitrogens is 1. The zero-order chi connectivity index (χ0) is 33.7. The molecule has 7 aromatic rings. The van der Waals surface area contributed by atoms with Crippen LogP contribution in [0.3, 0.4) is 0 Å². The van der Waals surface area contributed by atoms with Crippen LogP contribution >= 0.6 is 11.8 Å². The van der Waals surface area contributed by atoms with Gasteiger partial charge in [0.2, 0.25) is 5.91 Å². The molecular weight excluding hydrogens is 627 g/mol. The smallest absolute Gasteiger partial charge is 0.272 e. The number of rotatable bonds is 9. The second-order valence-corrected chi connectivity index (χ2v) is 12.9. The lowest BCUT2D eigenvalue weighted by Crippen LogP contribution is -2.30. The molecule has 2 N–H and O–H groups in total. The van der Waals surface area contributed by atoms with Crippen LogP contribution < -0.4 is 10.6 Å². The normalized spacial score (nSPS) is 12.2. The third-order valence-electron chi connectivity index (χ3n) is 8.49. The van der Waals surface area contributed by atoms with E-state index in [1.165, 1.54) is 11.8 Å². The summed E-state index contributed by atoms with van der Waals surface area (Å²) in [6, 6.07) is 46.0. The summed E-state index contributed by atoms with van der Waals surface area (Å²) in [4.78, 5) is 41.8. The van der Waals surface area contributed by atoms with Crippen LogP contribution in [0.4, 0.5) is 5.69 Å². The Hall–Kier alpha value is -5.92. The molecule has 1 aromatic heterocycles. The van der Waals surface area contributed by atoms with Crippen molar-refractivity contribution in [3.8, 4) is 0 Å². The van der Waals surface area contributed by atoms with Gasteiger partial charge in [-0.05, 0) is 77.4 Å². The van der Waals surface area contributed by atoms with Gasteiger partial charge in [-0.25, -0.2) is 0 Å². The van der Waals surface area contributed by atoms with Gasteiger partial charge >= 0.3 is 0 Å². The molecule has 7 rings (SSSR count). The predicted octanol–water partition coefficient (Wildman–Crippen LogP) is 9.57. The second-order valence-electron chi connectivity index (χ2n) is 11.6. The van der Waals surface area contributed by atoms with Gasteiger partial charge in [-0.1, -0.05) is 104 Å². The highest BCUT2D eigenvalue weighted by Crippen LogP contribution is 2.33. The van der Waals surface area contributed by atoms with Crippen LogP contribution in [0.15, 0.2) is 156 Å². The average molecular weight is 660 g/mol. The van der Waals surface area contributed by atoms with Crippen LogP contribution in [-0.4, -0.2) is 27.5 Å². The van der Waals surface area contributed by atoms with Gasteiger partial charge in [-0.2, -0.15) is 0 Å². The van der Waals surface area contributed by atoms with Crippen molar-refractivity contribution in [2.24, 2.45) is 0 Å². The Bertz CT molecular complexity index is 2300. The van der Waals surface area contributed by atoms with E-state index in [0.717, 1.165) is 43.0 Å². The van der Waals surface area contributed by atoms with Gasteiger partial charge < -0.3 is 10.6 Å². The van der Waals surface area contributed by atoms with Crippen LogP contribution in [0.25, 0.3) is 38.7 Å². The van der Waals surface area contributed by atoms with Crippen LogP contribution in [-0.2, 0) is 4.79 Å². The van der Waals surface area contributed by atoms with Crippen LogP contribution in [0.5, 0.6) is 0 Å². The number of nitrogens with zero attached hydrogens (tertiary/aromatic N) is 1. The van der Waals surface area contributed by atoms with Crippen molar-refractivity contribution in [1.82, 2.24) is 9.88 Å². The van der Waals surface area contributed by atoms with Crippen LogP contribution in [0, 0.1) is 0 Å². The number of thioether (sulfide) groups is 1.